The molecular formula is C10H10N2O4. The van der Waals surface area contributed by atoms with Crippen molar-refractivity contribution < 1.29 is 14.8 Å². The van der Waals surface area contributed by atoms with E-state index in [-0.39, 0.29) is 5.82 Å². The van der Waals surface area contributed by atoms with Crippen molar-refractivity contribution in [1.29, 1.82) is 0 Å². The minimum absolute atomic E-state index is 0.0381. The summed E-state index contributed by atoms with van der Waals surface area (Å²) in [5.74, 6) is -0.795. The normalized spacial score (nSPS) is 9.31. The van der Waals surface area contributed by atoms with Crippen LogP contribution in [0.25, 0.3) is 10.9 Å². The molecule has 1 aromatic heterocycles. The van der Waals surface area contributed by atoms with Crippen LogP contribution >= 0.6 is 0 Å². The van der Waals surface area contributed by atoms with E-state index in [1.165, 1.54) is 6.07 Å². The number of rotatable bonds is 1. The SMILES string of the molecule is CC(=O)O.O=[N+]([O-])c1cc2ccccc2[nH]1. The lowest BCUT2D eigenvalue weighted by molar-refractivity contribution is -0.389. The number of benzene rings is 1. The first-order chi connectivity index (χ1) is 7.50. The summed E-state index contributed by atoms with van der Waals surface area (Å²) in [5.41, 5.74) is 0.796. The minimum Gasteiger partial charge on any atom is -0.481 e. The summed E-state index contributed by atoms with van der Waals surface area (Å²) in [6.45, 7) is 1.08. The lowest BCUT2D eigenvalue weighted by Crippen LogP contribution is -1.85. The number of nitrogens with zero attached hydrogens (tertiary/aromatic N) is 1. The predicted molar refractivity (Wildman–Crippen MR) is 58.3 cm³/mol. The largest absolute Gasteiger partial charge is 0.481 e. The van der Waals surface area contributed by atoms with E-state index in [0.29, 0.717) is 0 Å². The highest BCUT2D eigenvalue weighted by molar-refractivity contribution is 5.82. The first-order valence-electron chi connectivity index (χ1n) is 4.42. The number of H-pyrrole nitrogens is 1. The quantitative estimate of drug-likeness (QED) is 0.570. The van der Waals surface area contributed by atoms with Crippen molar-refractivity contribution in [2.24, 2.45) is 0 Å². The van der Waals surface area contributed by atoms with Gasteiger partial charge in [-0.3, -0.25) is 4.79 Å². The molecular weight excluding hydrogens is 212 g/mol. The maximum atomic E-state index is 10.3. The third kappa shape index (κ3) is 3.09. The Labute approximate surface area is 90.7 Å². The van der Waals surface area contributed by atoms with Gasteiger partial charge in [0.25, 0.3) is 5.97 Å². The number of para-hydroxylation sites is 1. The summed E-state index contributed by atoms with van der Waals surface area (Å²) in [4.78, 5) is 21.6. The molecule has 0 saturated carbocycles. The van der Waals surface area contributed by atoms with E-state index >= 15 is 0 Å². The topological polar surface area (TPSA) is 96.2 Å². The monoisotopic (exact) mass is 222 g/mol. The molecule has 0 aliphatic rings. The van der Waals surface area contributed by atoms with Gasteiger partial charge in [-0.15, -0.1) is 0 Å². The van der Waals surface area contributed by atoms with Crippen LogP contribution in [0, 0.1) is 10.1 Å². The Balaban J connectivity index is 0.000000280. The summed E-state index contributed by atoms with van der Waals surface area (Å²) in [5, 5.41) is 18.6. The van der Waals surface area contributed by atoms with Crippen LogP contribution in [0.4, 0.5) is 5.82 Å². The van der Waals surface area contributed by atoms with Gasteiger partial charge in [0.05, 0.1) is 0 Å². The Morgan fingerprint density at radius 1 is 1.44 bits per heavy atom. The van der Waals surface area contributed by atoms with Gasteiger partial charge < -0.3 is 15.2 Å². The molecule has 0 unspecified atom stereocenters. The van der Waals surface area contributed by atoms with Crippen molar-refractivity contribution in [2.75, 3.05) is 0 Å². The average Bonchev–Trinajstić information content (AvgIpc) is 2.59. The van der Waals surface area contributed by atoms with Crippen LogP contribution in [0.15, 0.2) is 30.3 Å². The standard InChI is InChI=1S/C8H6N2O2.C2H4O2/c11-10(12)8-5-6-3-1-2-4-7(6)9-8;1-2(3)4/h1-5,9H;1H3,(H,3,4). The number of hydrogen-bond acceptors (Lipinski definition) is 3. The number of fused-ring (bicyclic) bond motifs is 1. The van der Waals surface area contributed by atoms with E-state index in [0.717, 1.165) is 17.8 Å². The van der Waals surface area contributed by atoms with Crippen molar-refractivity contribution in [3.05, 3.63) is 40.4 Å². The minimum atomic E-state index is -0.833. The summed E-state index contributed by atoms with van der Waals surface area (Å²) in [6.07, 6.45) is 0. The number of aromatic amines is 1. The van der Waals surface area contributed by atoms with Gasteiger partial charge in [-0.1, -0.05) is 18.2 Å². The van der Waals surface area contributed by atoms with Gasteiger partial charge in [-0.2, -0.15) is 0 Å². The van der Waals surface area contributed by atoms with Crippen molar-refractivity contribution in [3.63, 3.8) is 0 Å². The fourth-order valence-electron chi connectivity index (χ4n) is 1.16. The number of aromatic nitrogens is 1. The summed E-state index contributed by atoms with van der Waals surface area (Å²) < 4.78 is 0. The molecule has 84 valence electrons. The fraction of sp³-hybridized carbons (Fsp3) is 0.100. The molecule has 0 amide bonds. The summed E-state index contributed by atoms with van der Waals surface area (Å²) in [6, 6.07) is 8.85. The molecule has 0 saturated heterocycles. The van der Waals surface area contributed by atoms with E-state index in [1.807, 2.05) is 24.3 Å². The zero-order chi connectivity index (χ0) is 12.1. The highest BCUT2D eigenvalue weighted by atomic mass is 16.6. The number of hydrogen-bond donors (Lipinski definition) is 2. The Kier molecular flexibility index (Phi) is 3.60. The van der Waals surface area contributed by atoms with Crippen molar-refractivity contribution in [3.8, 4) is 0 Å². The van der Waals surface area contributed by atoms with Gasteiger partial charge in [0.2, 0.25) is 0 Å². The van der Waals surface area contributed by atoms with Gasteiger partial charge in [0, 0.05) is 18.4 Å². The molecule has 2 rings (SSSR count). The number of carboxylic acid groups (broad SMARTS) is 1. The summed E-state index contributed by atoms with van der Waals surface area (Å²) in [7, 11) is 0. The van der Waals surface area contributed by atoms with E-state index in [2.05, 4.69) is 4.98 Å². The van der Waals surface area contributed by atoms with Crippen LogP contribution in [0.1, 0.15) is 6.92 Å². The lowest BCUT2D eigenvalue weighted by Gasteiger charge is -1.84. The third-order valence-electron chi connectivity index (χ3n) is 1.71. The second-order valence-corrected chi connectivity index (χ2v) is 3.02. The zero-order valence-corrected chi connectivity index (χ0v) is 8.51. The molecule has 0 aliphatic carbocycles. The smallest absolute Gasteiger partial charge is 0.321 e. The number of nitro groups is 1. The maximum absolute atomic E-state index is 10.3. The highest BCUT2D eigenvalue weighted by Crippen LogP contribution is 2.19. The second-order valence-electron chi connectivity index (χ2n) is 3.02. The molecule has 0 fully saturated rings. The molecule has 1 aromatic carbocycles. The molecule has 0 bridgehead atoms. The molecule has 0 spiro atoms. The first-order valence-corrected chi connectivity index (χ1v) is 4.42. The van der Waals surface area contributed by atoms with Crippen LogP contribution in [-0.4, -0.2) is 21.0 Å². The van der Waals surface area contributed by atoms with Crippen molar-refractivity contribution >= 4 is 22.7 Å². The van der Waals surface area contributed by atoms with Crippen LogP contribution < -0.4 is 0 Å². The molecule has 16 heavy (non-hydrogen) atoms. The van der Waals surface area contributed by atoms with Gasteiger partial charge in [-0.25, -0.2) is 4.98 Å². The molecule has 2 aromatic rings. The number of nitrogens with one attached hydrogen (secondary N) is 1. The van der Waals surface area contributed by atoms with Crippen molar-refractivity contribution in [1.82, 2.24) is 4.98 Å². The number of aliphatic carboxylic acids is 1. The van der Waals surface area contributed by atoms with E-state index in [1.54, 1.807) is 0 Å². The van der Waals surface area contributed by atoms with Crippen LogP contribution in [0.2, 0.25) is 0 Å². The van der Waals surface area contributed by atoms with Crippen LogP contribution in [0.3, 0.4) is 0 Å². The fourth-order valence-corrected chi connectivity index (χ4v) is 1.16. The Bertz CT molecular complexity index is 481. The first kappa shape index (κ1) is 11.7. The van der Waals surface area contributed by atoms with Crippen LogP contribution in [-0.2, 0) is 4.79 Å². The maximum Gasteiger partial charge on any atom is 0.321 e. The molecule has 0 radical (unpaired) electrons. The van der Waals surface area contributed by atoms with Crippen LogP contribution in [0.5, 0.6) is 0 Å². The van der Waals surface area contributed by atoms with E-state index < -0.39 is 10.9 Å². The zero-order valence-electron chi connectivity index (χ0n) is 8.51. The Morgan fingerprint density at radius 2 is 2.00 bits per heavy atom. The number of carboxylic acids is 1. The molecule has 2 N–H and O–H groups in total. The Hall–Kier alpha value is -2.37. The van der Waals surface area contributed by atoms with Gasteiger partial charge in [0.15, 0.2) is 0 Å². The van der Waals surface area contributed by atoms with Gasteiger partial charge in [-0.05, 0) is 11.0 Å². The van der Waals surface area contributed by atoms with Gasteiger partial charge in [0.1, 0.15) is 5.52 Å². The van der Waals surface area contributed by atoms with E-state index in [9.17, 15) is 10.1 Å². The molecule has 0 atom stereocenters. The lowest BCUT2D eigenvalue weighted by atomic mass is 10.2. The molecule has 6 nitrogen and oxygen atoms in total. The highest BCUT2D eigenvalue weighted by Gasteiger charge is 2.07. The summed E-state index contributed by atoms with van der Waals surface area (Å²) >= 11 is 0. The number of carbonyl (C=O) groups is 1. The molecule has 0 aliphatic heterocycles. The average molecular weight is 222 g/mol. The van der Waals surface area contributed by atoms with Crippen molar-refractivity contribution in [2.45, 2.75) is 6.92 Å². The van der Waals surface area contributed by atoms with Gasteiger partial charge >= 0.3 is 5.82 Å². The van der Waals surface area contributed by atoms with E-state index in [4.69, 9.17) is 9.90 Å². The Morgan fingerprint density at radius 3 is 2.50 bits per heavy atom. The molecule has 6 heteroatoms. The third-order valence-corrected chi connectivity index (χ3v) is 1.71. The second kappa shape index (κ2) is 4.92. The molecule has 1 heterocycles. The predicted octanol–water partition coefficient (Wildman–Crippen LogP) is 2.17.